The molecule has 2 aliphatic rings. The van der Waals surface area contributed by atoms with Crippen LogP contribution >= 0.6 is 0 Å². The van der Waals surface area contributed by atoms with Gasteiger partial charge in [0.15, 0.2) is 11.6 Å². The van der Waals surface area contributed by atoms with Crippen LogP contribution in [0.1, 0.15) is 230 Å². The molecule has 2 heterocycles. The zero-order valence-electron chi connectivity index (χ0n) is 67.9. The van der Waals surface area contributed by atoms with E-state index in [2.05, 4.69) is 25.8 Å². The lowest BCUT2D eigenvalue weighted by molar-refractivity contribution is -0.150. The van der Waals surface area contributed by atoms with Crippen LogP contribution in [0.5, 0.6) is 0 Å². The fourth-order valence-corrected chi connectivity index (χ4v) is 14.9. The largest absolute Gasteiger partial charge is 0.481 e. The van der Waals surface area contributed by atoms with Crippen molar-refractivity contribution in [3.63, 3.8) is 0 Å². The Hall–Kier alpha value is -8.80. The lowest BCUT2D eigenvalue weighted by Gasteiger charge is -2.42. The molecular formula is C91H125N5O16. The average Bonchev–Trinajstić information content (AvgIpc) is 0.770. The number of piperidine rings is 2. The molecule has 112 heavy (non-hydrogen) atoms. The van der Waals surface area contributed by atoms with E-state index >= 15 is 0 Å². The normalized spacial score (nSPS) is 15.6. The highest BCUT2D eigenvalue weighted by molar-refractivity contribution is 5.92. The second-order valence-corrected chi connectivity index (χ2v) is 32.4. The van der Waals surface area contributed by atoms with Crippen LogP contribution in [0.25, 0.3) is 0 Å². The number of hydrogen-bond donors (Lipinski definition) is 10. The summed E-state index contributed by atoms with van der Waals surface area (Å²) in [6, 6.07) is 52.0. The molecule has 0 spiro atoms. The Morgan fingerprint density at radius 2 is 0.750 bits per heavy atom. The van der Waals surface area contributed by atoms with Gasteiger partial charge in [-0.2, -0.15) is 0 Å². The van der Waals surface area contributed by atoms with E-state index in [0.29, 0.717) is 36.8 Å². The summed E-state index contributed by atoms with van der Waals surface area (Å²) in [6.07, 6.45) is 4.93. The fraction of sp³-hybridized carbons (Fsp3) is 0.516. The third-order valence-electron chi connectivity index (χ3n) is 21.9. The van der Waals surface area contributed by atoms with Gasteiger partial charge in [0, 0.05) is 43.2 Å². The van der Waals surface area contributed by atoms with Crippen molar-refractivity contribution in [2.75, 3.05) is 39.3 Å². The number of ketones is 2. The SMILES string of the molecule is CC(C)(C(=O)O)c1ccc(C(O)CCCN2CCC(C(O)(c3ccccc3)c3ccccc3)CC2)cc1.CC(C)NC(CCC(=O)O)C(=O)C(C)C.CC(C)NC(CCC(=O)O)C(=O)NC(CCC(=O)OC(CCCN1CCC(C(O)(c2ccccc2)c2ccccc2)CC1)c1ccc(C(C)(C)C(=O)O)cc1)C(=O)C(C)C. The Morgan fingerprint density at radius 1 is 0.420 bits per heavy atom. The van der Waals surface area contributed by atoms with Gasteiger partial charge in [-0.1, -0.05) is 225 Å². The molecule has 8 rings (SSSR count). The average molecular weight is 1550 g/mol. The first-order chi connectivity index (χ1) is 53.0. The van der Waals surface area contributed by atoms with Crippen LogP contribution < -0.4 is 16.0 Å². The molecule has 1 amide bonds. The number of nitrogens with one attached hydrogen (secondary N) is 3. The molecule has 6 aromatic carbocycles. The molecule has 21 nitrogen and oxygen atoms in total. The monoisotopic (exact) mass is 1540 g/mol. The van der Waals surface area contributed by atoms with Gasteiger partial charge in [-0.3, -0.25) is 38.4 Å². The lowest BCUT2D eigenvalue weighted by Crippen LogP contribution is -2.52. The van der Waals surface area contributed by atoms with Gasteiger partial charge in [0.1, 0.15) is 17.3 Å². The van der Waals surface area contributed by atoms with E-state index in [-0.39, 0.29) is 79.5 Å². The summed E-state index contributed by atoms with van der Waals surface area (Å²) in [7, 11) is 0. The van der Waals surface area contributed by atoms with Crippen molar-refractivity contribution < 1.29 is 78.8 Å². The lowest BCUT2D eigenvalue weighted by atomic mass is 9.72. The molecule has 2 saturated heterocycles. The van der Waals surface area contributed by atoms with Crippen LogP contribution in [0.15, 0.2) is 170 Å². The highest BCUT2D eigenvalue weighted by Gasteiger charge is 2.44. The molecule has 2 fully saturated rings. The van der Waals surface area contributed by atoms with E-state index in [1.807, 2.05) is 175 Å². The number of amides is 1. The molecule has 610 valence electrons. The Morgan fingerprint density at radius 3 is 1.10 bits per heavy atom. The number of aliphatic hydroxyl groups is 3. The Kier molecular flexibility index (Phi) is 36.2. The number of ether oxygens (including phenoxy) is 1. The molecule has 0 bridgehead atoms. The molecule has 5 atom stereocenters. The topological polar surface area (TPSA) is 330 Å². The second-order valence-electron chi connectivity index (χ2n) is 32.4. The molecule has 0 aromatic heterocycles. The number of rotatable bonds is 40. The first kappa shape index (κ1) is 92.1. The number of aliphatic carboxylic acids is 4. The van der Waals surface area contributed by atoms with Crippen LogP contribution in [-0.2, 0) is 65.1 Å². The van der Waals surface area contributed by atoms with E-state index in [4.69, 9.17) is 9.84 Å². The molecule has 5 unspecified atom stereocenters. The zero-order chi connectivity index (χ0) is 82.5. The molecule has 0 saturated carbocycles. The van der Waals surface area contributed by atoms with E-state index in [1.165, 1.54) is 0 Å². The predicted octanol–water partition coefficient (Wildman–Crippen LogP) is 13.7. The smallest absolute Gasteiger partial charge is 0.313 e. The van der Waals surface area contributed by atoms with Gasteiger partial charge in [0.25, 0.3) is 0 Å². The van der Waals surface area contributed by atoms with Crippen molar-refractivity contribution in [2.45, 2.75) is 237 Å². The Labute approximate surface area is 663 Å². The van der Waals surface area contributed by atoms with Crippen LogP contribution in [0, 0.1) is 23.7 Å². The standard InChI is InChI=1S/C48H65N3O9.C32H39NO4.C11H21NO3/c1-32(2)44(55)39(50-45(56)40(49-33(3)4)23-25-42(52)53)24-26-43(54)60-41(34-19-21-35(22-20-34)47(5,6)46(57)58)18-13-29-51-30-27-38(28-31-51)48(59,36-14-9-7-10-15-36)37-16-11-8-12-17-37;1-31(2,30(35)36)25-17-15-24(16-18-25)29(34)14-9-21-33-22-19-28(20-23-33)32(37,26-10-5-3-6-11-26)27-12-7-4-8-13-27;1-7(2)11(15)9(12-8(3)4)5-6-10(13)14/h7-12,14-17,19-22,32-33,38-41,49,59H,13,18,23-31H2,1-6H3,(H,50,56)(H,52,53)(H,57,58);3-8,10-13,15-18,28-29,34,37H,9,14,19-23H2,1-2H3,(H,35,36);7-9,12H,5-6H2,1-4H3,(H,13,14). The van der Waals surface area contributed by atoms with Gasteiger partial charge in [-0.25, -0.2) is 0 Å². The summed E-state index contributed by atoms with van der Waals surface area (Å²) in [4.78, 5) is 102. The first-order valence-corrected chi connectivity index (χ1v) is 40.0. The van der Waals surface area contributed by atoms with Gasteiger partial charge in [-0.15, -0.1) is 0 Å². The number of benzene rings is 6. The third kappa shape index (κ3) is 26.9. The minimum absolute atomic E-state index is 0.000625. The quantitative estimate of drug-likeness (QED) is 0.0160. The molecule has 6 aromatic rings. The van der Waals surface area contributed by atoms with Gasteiger partial charge in [-0.05, 0) is 194 Å². The molecule has 21 heteroatoms. The van der Waals surface area contributed by atoms with Crippen molar-refractivity contribution in [1.29, 1.82) is 0 Å². The van der Waals surface area contributed by atoms with Crippen LogP contribution in [-0.4, -0.2) is 162 Å². The Bertz CT molecular complexity index is 3820. The summed E-state index contributed by atoms with van der Waals surface area (Å²) >= 11 is 0. The summed E-state index contributed by atoms with van der Waals surface area (Å²) < 4.78 is 6.11. The van der Waals surface area contributed by atoms with Gasteiger partial charge >= 0.3 is 29.8 Å². The van der Waals surface area contributed by atoms with Gasteiger partial charge in [0.2, 0.25) is 5.91 Å². The number of carboxylic acid groups (broad SMARTS) is 4. The number of esters is 1. The highest BCUT2D eigenvalue weighted by Crippen LogP contribution is 2.44. The summed E-state index contributed by atoms with van der Waals surface area (Å²) in [6.45, 7) is 26.4. The van der Waals surface area contributed by atoms with Crippen LogP contribution in [0.2, 0.25) is 0 Å². The highest BCUT2D eigenvalue weighted by atomic mass is 16.5. The number of likely N-dealkylation sites (tertiary alicyclic amines) is 2. The van der Waals surface area contributed by atoms with Crippen molar-refractivity contribution in [3.8, 4) is 0 Å². The third-order valence-corrected chi connectivity index (χ3v) is 21.9. The number of hydrogen-bond acceptors (Lipinski definition) is 16. The summed E-state index contributed by atoms with van der Waals surface area (Å²) in [5.41, 5.74) is 2.31. The molecular weight excluding hydrogens is 1420 g/mol. The maximum absolute atomic E-state index is 13.6. The van der Waals surface area contributed by atoms with E-state index in [9.17, 15) is 69.0 Å². The minimum atomic E-state index is -1.12. The summed E-state index contributed by atoms with van der Waals surface area (Å²) in [5, 5.41) is 81.0. The van der Waals surface area contributed by atoms with Crippen LogP contribution in [0.4, 0.5) is 0 Å². The van der Waals surface area contributed by atoms with Crippen molar-refractivity contribution in [1.82, 2.24) is 25.8 Å². The van der Waals surface area contributed by atoms with E-state index < -0.39 is 88.0 Å². The number of carbonyl (C=O) groups excluding carboxylic acids is 4. The number of carboxylic acids is 4. The number of carbonyl (C=O) groups is 8. The number of aliphatic hydroxyl groups excluding tert-OH is 1. The van der Waals surface area contributed by atoms with Crippen molar-refractivity contribution >= 4 is 47.3 Å². The molecule has 2 aliphatic heterocycles. The molecule has 0 radical (unpaired) electrons. The summed E-state index contributed by atoms with van der Waals surface area (Å²) in [5.74, 6) is -5.28. The molecule has 10 N–H and O–H groups in total. The van der Waals surface area contributed by atoms with E-state index in [1.54, 1.807) is 77.9 Å². The maximum Gasteiger partial charge on any atom is 0.313 e. The maximum atomic E-state index is 13.6. The zero-order valence-corrected chi connectivity index (χ0v) is 67.9. The first-order valence-electron chi connectivity index (χ1n) is 40.0. The number of nitrogens with zero attached hydrogens (tertiary/aromatic N) is 2. The van der Waals surface area contributed by atoms with E-state index in [0.717, 1.165) is 105 Å². The van der Waals surface area contributed by atoms with Gasteiger partial charge in [0.05, 0.1) is 35.1 Å². The van der Waals surface area contributed by atoms with Crippen molar-refractivity contribution in [3.05, 3.63) is 214 Å². The van der Waals surface area contributed by atoms with Crippen LogP contribution in [0.3, 0.4) is 0 Å². The van der Waals surface area contributed by atoms with Crippen molar-refractivity contribution in [2.24, 2.45) is 23.7 Å². The predicted molar refractivity (Wildman–Crippen MR) is 435 cm³/mol. The fourth-order valence-electron chi connectivity index (χ4n) is 14.9. The molecule has 0 aliphatic carbocycles. The van der Waals surface area contributed by atoms with Gasteiger partial charge < -0.3 is 66.2 Å². The second kappa shape index (κ2) is 44.0. The number of Topliss-reactive ketones (excluding diaryl/α,β-unsaturated/α-hetero) is 2. The minimum Gasteiger partial charge on any atom is -0.481 e. The Balaban J connectivity index is 0.000000316.